The first-order valence-corrected chi connectivity index (χ1v) is 7.21. The molecule has 2 atom stereocenters. The van der Waals surface area contributed by atoms with E-state index in [2.05, 4.69) is 10.6 Å². The molecular formula is C15H22Cl2N2O. The molecule has 0 saturated carbocycles. The highest BCUT2D eigenvalue weighted by atomic mass is 35.5. The normalized spacial score (nSPS) is 23.6. The van der Waals surface area contributed by atoms with Gasteiger partial charge in [-0.3, -0.25) is 4.79 Å². The number of amides is 1. The van der Waals surface area contributed by atoms with Crippen molar-refractivity contribution >= 4 is 29.9 Å². The molecule has 1 aliphatic rings. The number of hydrogen-bond acceptors (Lipinski definition) is 2. The molecule has 0 spiro atoms. The number of benzene rings is 1. The molecule has 0 aliphatic carbocycles. The lowest BCUT2D eigenvalue weighted by Crippen LogP contribution is -2.57. The molecule has 2 N–H and O–H groups in total. The molecule has 1 amide bonds. The van der Waals surface area contributed by atoms with E-state index >= 15 is 0 Å². The van der Waals surface area contributed by atoms with Crippen molar-refractivity contribution in [1.29, 1.82) is 0 Å². The SMILES string of the molecule is CC(NC(=O)C1(C)CCCCN1)c1ccccc1Cl.Cl. The predicted octanol–water partition coefficient (Wildman–Crippen LogP) is 3.47. The number of halogens is 2. The van der Waals surface area contributed by atoms with E-state index in [0.717, 1.165) is 31.4 Å². The monoisotopic (exact) mass is 316 g/mol. The third-order valence-corrected chi connectivity index (χ3v) is 4.18. The minimum Gasteiger partial charge on any atom is -0.348 e. The Morgan fingerprint density at radius 3 is 2.70 bits per heavy atom. The van der Waals surface area contributed by atoms with E-state index in [0.29, 0.717) is 5.02 Å². The van der Waals surface area contributed by atoms with Gasteiger partial charge in [0, 0.05) is 5.02 Å². The zero-order chi connectivity index (χ0) is 13.9. The van der Waals surface area contributed by atoms with Crippen LogP contribution >= 0.6 is 24.0 Å². The van der Waals surface area contributed by atoms with E-state index in [1.54, 1.807) is 0 Å². The Morgan fingerprint density at radius 1 is 1.40 bits per heavy atom. The Morgan fingerprint density at radius 2 is 2.10 bits per heavy atom. The van der Waals surface area contributed by atoms with Gasteiger partial charge in [-0.15, -0.1) is 12.4 Å². The molecule has 0 radical (unpaired) electrons. The topological polar surface area (TPSA) is 41.1 Å². The van der Waals surface area contributed by atoms with Gasteiger partial charge in [0.2, 0.25) is 5.91 Å². The molecule has 1 aliphatic heterocycles. The largest absolute Gasteiger partial charge is 0.348 e. The van der Waals surface area contributed by atoms with Crippen LogP contribution in [0.2, 0.25) is 5.02 Å². The van der Waals surface area contributed by atoms with Crippen molar-refractivity contribution < 1.29 is 4.79 Å². The van der Waals surface area contributed by atoms with Gasteiger partial charge in [0.15, 0.2) is 0 Å². The molecule has 2 unspecified atom stereocenters. The van der Waals surface area contributed by atoms with E-state index in [-0.39, 0.29) is 24.4 Å². The van der Waals surface area contributed by atoms with Crippen LogP contribution in [0.3, 0.4) is 0 Å². The van der Waals surface area contributed by atoms with Crippen molar-refractivity contribution in [3.05, 3.63) is 34.9 Å². The third kappa shape index (κ3) is 3.87. The van der Waals surface area contributed by atoms with Crippen molar-refractivity contribution in [2.75, 3.05) is 6.54 Å². The summed E-state index contributed by atoms with van der Waals surface area (Å²) in [5, 5.41) is 7.07. The van der Waals surface area contributed by atoms with Crippen molar-refractivity contribution in [2.45, 2.75) is 44.7 Å². The van der Waals surface area contributed by atoms with E-state index < -0.39 is 5.54 Å². The molecule has 20 heavy (non-hydrogen) atoms. The van der Waals surface area contributed by atoms with Crippen LogP contribution in [-0.4, -0.2) is 18.0 Å². The molecule has 5 heteroatoms. The van der Waals surface area contributed by atoms with Gasteiger partial charge in [0.1, 0.15) is 0 Å². The van der Waals surface area contributed by atoms with E-state index in [1.165, 1.54) is 0 Å². The van der Waals surface area contributed by atoms with Crippen molar-refractivity contribution in [1.82, 2.24) is 10.6 Å². The molecule has 3 nitrogen and oxygen atoms in total. The number of carbonyl (C=O) groups excluding carboxylic acids is 1. The molecule has 1 fully saturated rings. The molecule has 112 valence electrons. The summed E-state index contributed by atoms with van der Waals surface area (Å²) in [5.74, 6) is 0.0552. The summed E-state index contributed by atoms with van der Waals surface area (Å²) in [6.45, 7) is 4.84. The second-order valence-corrected chi connectivity index (χ2v) is 5.84. The number of hydrogen-bond donors (Lipinski definition) is 2. The fraction of sp³-hybridized carbons (Fsp3) is 0.533. The van der Waals surface area contributed by atoms with Crippen molar-refractivity contribution in [2.24, 2.45) is 0 Å². The van der Waals surface area contributed by atoms with Crippen molar-refractivity contribution in [3.8, 4) is 0 Å². The van der Waals surface area contributed by atoms with Gasteiger partial charge >= 0.3 is 0 Å². The van der Waals surface area contributed by atoms with Crippen LogP contribution in [-0.2, 0) is 4.79 Å². The smallest absolute Gasteiger partial charge is 0.240 e. The lowest BCUT2D eigenvalue weighted by Gasteiger charge is -2.34. The Bertz CT molecular complexity index is 459. The Hall–Kier alpha value is -0.770. The second-order valence-electron chi connectivity index (χ2n) is 5.43. The molecule has 1 aromatic rings. The third-order valence-electron chi connectivity index (χ3n) is 3.84. The number of piperidine rings is 1. The Labute approximate surface area is 131 Å². The van der Waals surface area contributed by atoms with Gasteiger partial charge in [-0.25, -0.2) is 0 Å². The predicted molar refractivity (Wildman–Crippen MR) is 85.5 cm³/mol. The van der Waals surface area contributed by atoms with Crippen LogP contribution in [0.1, 0.15) is 44.7 Å². The first-order chi connectivity index (χ1) is 9.03. The lowest BCUT2D eigenvalue weighted by molar-refractivity contribution is -0.128. The van der Waals surface area contributed by atoms with E-state index in [1.807, 2.05) is 38.1 Å². The Balaban J connectivity index is 0.00000200. The van der Waals surface area contributed by atoms with Crippen LogP contribution in [0.15, 0.2) is 24.3 Å². The van der Waals surface area contributed by atoms with E-state index in [4.69, 9.17) is 11.6 Å². The van der Waals surface area contributed by atoms with Gasteiger partial charge in [-0.05, 0) is 51.3 Å². The number of nitrogens with one attached hydrogen (secondary N) is 2. The second kappa shape index (κ2) is 7.30. The maximum atomic E-state index is 12.4. The molecule has 1 aromatic carbocycles. The summed E-state index contributed by atoms with van der Waals surface area (Å²) in [7, 11) is 0. The quantitative estimate of drug-likeness (QED) is 0.896. The van der Waals surface area contributed by atoms with Crippen LogP contribution in [0, 0.1) is 0 Å². The minimum absolute atomic E-state index is 0. The van der Waals surface area contributed by atoms with Gasteiger partial charge in [0.25, 0.3) is 0 Å². The fourth-order valence-electron chi connectivity index (χ4n) is 2.51. The molecule has 1 saturated heterocycles. The van der Waals surface area contributed by atoms with Crippen LogP contribution < -0.4 is 10.6 Å². The van der Waals surface area contributed by atoms with Crippen LogP contribution in [0.25, 0.3) is 0 Å². The maximum absolute atomic E-state index is 12.4. The highest BCUT2D eigenvalue weighted by Gasteiger charge is 2.34. The van der Waals surface area contributed by atoms with Crippen LogP contribution in [0.4, 0.5) is 0 Å². The standard InChI is InChI=1S/C15H21ClN2O.ClH/c1-11(12-7-3-4-8-13(12)16)18-14(19)15(2)9-5-6-10-17-15;/h3-4,7-8,11,17H,5-6,9-10H2,1-2H3,(H,18,19);1H. The summed E-state index contributed by atoms with van der Waals surface area (Å²) < 4.78 is 0. The van der Waals surface area contributed by atoms with E-state index in [9.17, 15) is 4.79 Å². The summed E-state index contributed by atoms with van der Waals surface area (Å²) >= 11 is 6.16. The summed E-state index contributed by atoms with van der Waals surface area (Å²) in [5.41, 5.74) is 0.505. The van der Waals surface area contributed by atoms with Gasteiger partial charge < -0.3 is 10.6 Å². The zero-order valence-corrected chi connectivity index (χ0v) is 13.5. The summed E-state index contributed by atoms with van der Waals surface area (Å²) in [6.07, 6.45) is 3.12. The van der Waals surface area contributed by atoms with Crippen LogP contribution in [0.5, 0.6) is 0 Å². The first kappa shape index (κ1) is 17.3. The Kier molecular flexibility index (Phi) is 6.31. The highest BCUT2D eigenvalue weighted by molar-refractivity contribution is 6.31. The maximum Gasteiger partial charge on any atom is 0.240 e. The number of carbonyl (C=O) groups is 1. The summed E-state index contributed by atoms with van der Waals surface area (Å²) in [4.78, 5) is 12.4. The van der Waals surface area contributed by atoms with Gasteiger partial charge in [-0.2, -0.15) is 0 Å². The molecule has 0 bridgehead atoms. The molecule has 1 heterocycles. The molecule has 0 aromatic heterocycles. The molecule has 2 rings (SSSR count). The fourth-order valence-corrected chi connectivity index (χ4v) is 2.81. The molecular weight excluding hydrogens is 295 g/mol. The summed E-state index contributed by atoms with van der Waals surface area (Å²) in [6, 6.07) is 7.54. The average Bonchev–Trinajstić information content (AvgIpc) is 2.40. The van der Waals surface area contributed by atoms with Gasteiger partial charge in [-0.1, -0.05) is 29.8 Å². The van der Waals surface area contributed by atoms with Gasteiger partial charge in [0.05, 0.1) is 11.6 Å². The van der Waals surface area contributed by atoms with Crippen molar-refractivity contribution in [3.63, 3.8) is 0 Å². The lowest BCUT2D eigenvalue weighted by atomic mass is 9.89. The first-order valence-electron chi connectivity index (χ1n) is 6.83. The highest BCUT2D eigenvalue weighted by Crippen LogP contribution is 2.24. The number of rotatable bonds is 3. The minimum atomic E-state index is -0.451. The zero-order valence-electron chi connectivity index (χ0n) is 11.9. The average molecular weight is 317 g/mol.